The van der Waals surface area contributed by atoms with E-state index in [1.54, 1.807) is 17.3 Å². The number of hydrogen-bond donors (Lipinski definition) is 2. The van der Waals surface area contributed by atoms with Crippen molar-refractivity contribution in [3.05, 3.63) is 77.8 Å². The third-order valence-electron chi connectivity index (χ3n) is 5.09. The highest BCUT2D eigenvalue weighted by Gasteiger charge is 2.27. The van der Waals surface area contributed by atoms with Crippen molar-refractivity contribution >= 4 is 28.2 Å². The molecule has 2 N–H and O–H groups in total. The van der Waals surface area contributed by atoms with Gasteiger partial charge in [-0.2, -0.15) is 0 Å². The summed E-state index contributed by atoms with van der Waals surface area (Å²) in [6.45, 7) is 0.301. The van der Waals surface area contributed by atoms with Gasteiger partial charge < -0.3 is 14.9 Å². The first-order valence-electron chi connectivity index (χ1n) is 9.80. The second-order valence-electron chi connectivity index (χ2n) is 7.31. The van der Waals surface area contributed by atoms with E-state index < -0.39 is 29.0 Å². The molecule has 0 saturated carbocycles. The van der Waals surface area contributed by atoms with Crippen LogP contribution in [0.3, 0.4) is 0 Å². The van der Waals surface area contributed by atoms with Gasteiger partial charge in [-0.05, 0) is 12.1 Å². The number of fused-ring (bicyclic) bond motifs is 1. The van der Waals surface area contributed by atoms with E-state index >= 15 is 0 Å². The first-order valence-corrected chi connectivity index (χ1v) is 9.80. The fraction of sp³-hybridized carbons (Fsp3) is 0.143. The minimum absolute atomic E-state index is 0.00351. The van der Waals surface area contributed by atoms with E-state index in [4.69, 9.17) is 0 Å². The molecule has 168 valence electrons. The Balaban J connectivity index is 1.65. The lowest BCUT2D eigenvalue weighted by Crippen LogP contribution is -2.23. The zero-order valence-corrected chi connectivity index (χ0v) is 17.2. The van der Waals surface area contributed by atoms with Crippen molar-refractivity contribution in [3.8, 4) is 0 Å². The molecule has 0 amide bonds. The number of rotatable bonds is 5. The van der Waals surface area contributed by atoms with Gasteiger partial charge in [0.25, 0.3) is 0 Å². The van der Waals surface area contributed by atoms with Crippen LogP contribution in [0.5, 0.6) is 0 Å². The van der Waals surface area contributed by atoms with Gasteiger partial charge in [0, 0.05) is 43.8 Å². The van der Waals surface area contributed by atoms with E-state index in [-0.39, 0.29) is 24.1 Å². The molecule has 8 nitrogen and oxygen atoms in total. The third-order valence-corrected chi connectivity index (χ3v) is 5.09. The number of nitrogens with one attached hydrogen (secondary N) is 2. The number of H-pyrrole nitrogens is 1. The number of hydrazine groups is 1. The van der Waals surface area contributed by atoms with Crippen molar-refractivity contribution < 1.29 is 17.6 Å². The van der Waals surface area contributed by atoms with Crippen LogP contribution in [0.1, 0.15) is 11.5 Å². The van der Waals surface area contributed by atoms with Crippen LogP contribution in [0.15, 0.2) is 43.0 Å². The Bertz CT molecular complexity index is 1350. The van der Waals surface area contributed by atoms with Crippen molar-refractivity contribution in [2.45, 2.75) is 6.54 Å². The lowest BCUT2D eigenvalue weighted by molar-refractivity contribution is 0.374. The summed E-state index contributed by atoms with van der Waals surface area (Å²) in [5.74, 6) is -5.85. The van der Waals surface area contributed by atoms with Gasteiger partial charge in [0.15, 0.2) is 28.9 Å². The van der Waals surface area contributed by atoms with Crippen LogP contribution in [0.2, 0.25) is 0 Å². The number of anilines is 2. The SMILES string of the molecule is CN1C=C(c2cnc3ccc(N(Cc4ncc[nH]4)c4c(F)c(F)cc(F)c4F)nc3n2)CN1. The van der Waals surface area contributed by atoms with Gasteiger partial charge >= 0.3 is 0 Å². The van der Waals surface area contributed by atoms with Crippen molar-refractivity contribution in [2.24, 2.45) is 0 Å². The minimum atomic E-state index is -1.55. The summed E-state index contributed by atoms with van der Waals surface area (Å²) in [5.41, 5.74) is 4.24. The zero-order valence-electron chi connectivity index (χ0n) is 17.2. The fourth-order valence-electron chi connectivity index (χ4n) is 3.49. The number of hydrogen-bond acceptors (Lipinski definition) is 7. The van der Waals surface area contributed by atoms with E-state index in [1.807, 2.05) is 13.2 Å². The number of aromatic amines is 1. The molecular formula is C21H16F4N8. The molecule has 0 aliphatic carbocycles. The molecule has 0 atom stereocenters. The number of halogens is 4. The van der Waals surface area contributed by atoms with Gasteiger partial charge in [-0.3, -0.25) is 4.98 Å². The predicted molar refractivity (Wildman–Crippen MR) is 112 cm³/mol. The average Bonchev–Trinajstić information content (AvgIpc) is 3.48. The average molecular weight is 456 g/mol. The Labute approximate surface area is 184 Å². The Hall–Kier alpha value is -4.06. The van der Waals surface area contributed by atoms with Gasteiger partial charge in [-0.1, -0.05) is 0 Å². The largest absolute Gasteiger partial charge is 0.347 e. The Morgan fingerprint density at radius 2 is 1.85 bits per heavy atom. The number of benzene rings is 1. The van der Waals surface area contributed by atoms with Crippen molar-refractivity contribution in [1.29, 1.82) is 0 Å². The molecular weight excluding hydrogens is 440 g/mol. The summed E-state index contributed by atoms with van der Waals surface area (Å²) >= 11 is 0. The van der Waals surface area contributed by atoms with Gasteiger partial charge in [0.05, 0.1) is 18.4 Å². The second kappa shape index (κ2) is 8.13. The standard InChI is InChI=1S/C21H16F4N8/c1-32-9-11(7-29-32)15-8-28-14-2-3-17(31-21(14)30-15)33(10-16-26-4-5-27-16)20-18(24)12(22)6-13(23)19(20)25/h2-6,8-9,29H,7,10H2,1H3,(H,26,27). The van der Waals surface area contributed by atoms with Crippen LogP contribution in [-0.2, 0) is 6.54 Å². The second-order valence-corrected chi connectivity index (χ2v) is 7.31. The van der Waals surface area contributed by atoms with Crippen LogP contribution in [0.4, 0.5) is 29.1 Å². The molecule has 4 heterocycles. The van der Waals surface area contributed by atoms with Crippen LogP contribution in [-0.4, -0.2) is 43.5 Å². The first kappa shape index (κ1) is 20.8. The van der Waals surface area contributed by atoms with Crippen molar-refractivity contribution in [2.75, 3.05) is 18.5 Å². The maximum Gasteiger partial charge on any atom is 0.185 e. The Kier molecular flexibility index (Phi) is 5.13. The minimum Gasteiger partial charge on any atom is -0.347 e. The monoisotopic (exact) mass is 456 g/mol. The molecule has 0 unspecified atom stereocenters. The van der Waals surface area contributed by atoms with Crippen LogP contribution < -0.4 is 10.3 Å². The molecule has 4 aromatic rings. The molecule has 1 aliphatic heterocycles. The van der Waals surface area contributed by atoms with E-state index in [1.165, 1.54) is 18.5 Å². The van der Waals surface area contributed by atoms with Gasteiger partial charge in [-0.15, -0.1) is 0 Å². The Morgan fingerprint density at radius 3 is 2.52 bits per heavy atom. The van der Waals surface area contributed by atoms with Gasteiger partial charge in [0.1, 0.15) is 22.8 Å². The highest BCUT2D eigenvalue weighted by Crippen LogP contribution is 2.34. The van der Waals surface area contributed by atoms with Crippen LogP contribution in [0.25, 0.3) is 16.7 Å². The van der Waals surface area contributed by atoms with E-state index in [0.717, 1.165) is 10.5 Å². The molecule has 0 fully saturated rings. The lowest BCUT2D eigenvalue weighted by atomic mass is 10.2. The lowest BCUT2D eigenvalue weighted by Gasteiger charge is -2.24. The van der Waals surface area contributed by atoms with E-state index in [9.17, 15) is 17.6 Å². The summed E-state index contributed by atoms with van der Waals surface area (Å²) in [4.78, 5) is 21.1. The van der Waals surface area contributed by atoms with E-state index in [0.29, 0.717) is 23.6 Å². The number of aromatic nitrogens is 5. The van der Waals surface area contributed by atoms with Gasteiger partial charge in [-0.25, -0.2) is 37.9 Å². The fourth-order valence-corrected chi connectivity index (χ4v) is 3.49. The van der Waals surface area contributed by atoms with Crippen molar-refractivity contribution in [3.63, 3.8) is 0 Å². The zero-order chi connectivity index (χ0) is 23.1. The summed E-state index contributed by atoms with van der Waals surface area (Å²) in [6.07, 6.45) is 6.40. The topological polar surface area (TPSA) is 85.9 Å². The number of pyridine rings is 1. The normalized spacial score (nSPS) is 13.6. The molecule has 0 spiro atoms. The van der Waals surface area contributed by atoms with Crippen LogP contribution >= 0.6 is 0 Å². The maximum absolute atomic E-state index is 14.7. The molecule has 0 radical (unpaired) electrons. The molecule has 3 aromatic heterocycles. The predicted octanol–water partition coefficient (Wildman–Crippen LogP) is 3.43. The quantitative estimate of drug-likeness (QED) is 0.352. The summed E-state index contributed by atoms with van der Waals surface area (Å²) in [5, 5.41) is 1.78. The molecule has 1 aliphatic rings. The number of nitrogens with zero attached hydrogens (tertiary/aromatic N) is 6. The molecule has 33 heavy (non-hydrogen) atoms. The maximum atomic E-state index is 14.7. The molecule has 1 aromatic carbocycles. The number of imidazole rings is 1. The summed E-state index contributed by atoms with van der Waals surface area (Å²) < 4.78 is 57.4. The molecule has 0 bridgehead atoms. The molecule has 0 saturated heterocycles. The van der Waals surface area contributed by atoms with E-state index in [2.05, 4.69) is 30.3 Å². The van der Waals surface area contributed by atoms with Crippen LogP contribution in [0, 0.1) is 23.3 Å². The smallest absolute Gasteiger partial charge is 0.185 e. The van der Waals surface area contributed by atoms with Crippen molar-refractivity contribution in [1.82, 2.24) is 35.4 Å². The Morgan fingerprint density at radius 1 is 1.06 bits per heavy atom. The molecule has 12 heteroatoms. The third kappa shape index (κ3) is 3.84. The summed E-state index contributed by atoms with van der Waals surface area (Å²) in [7, 11) is 1.84. The highest BCUT2D eigenvalue weighted by atomic mass is 19.2. The highest BCUT2D eigenvalue weighted by molar-refractivity contribution is 5.77. The molecule has 5 rings (SSSR count). The summed E-state index contributed by atoms with van der Waals surface area (Å²) in [6, 6.07) is 3.15. The first-order chi connectivity index (χ1) is 15.9. The van der Waals surface area contributed by atoms with Gasteiger partial charge in [0.2, 0.25) is 0 Å².